The number of hydrogen-bond donors (Lipinski definition) is 1. The predicted octanol–water partition coefficient (Wildman–Crippen LogP) is 8.98. The van der Waals surface area contributed by atoms with Crippen LogP contribution in [0.4, 0.5) is 12.0 Å². The van der Waals surface area contributed by atoms with Crippen LogP contribution in [0.15, 0.2) is 62.1 Å². The van der Waals surface area contributed by atoms with Crippen molar-refractivity contribution in [3.63, 3.8) is 0 Å². The molecule has 0 spiro atoms. The van der Waals surface area contributed by atoms with Gasteiger partial charge in [-0.05, 0) is 120 Å². The van der Waals surface area contributed by atoms with Gasteiger partial charge in [0, 0.05) is 75.6 Å². The van der Waals surface area contributed by atoms with Crippen LogP contribution in [0.1, 0.15) is 70.0 Å². The Morgan fingerprint density at radius 2 is 1.16 bits per heavy atom. The monoisotopic (exact) mass is 965 g/mol. The summed E-state index contributed by atoms with van der Waals surface area (Å²) in [7, 11) is 0. The van der Waals surface area contributed by atoms with Crippen molar-refractivity contribution < 1.29 is 18.3 Å². The minimum Gasteiger partial charge on any atom is -0.424 e. The van der Waals surface area contributed by atoms with E-state index in [1.807, 2.05) is 48.9 Å². The van der Waals surface area contributed by atoms with Crippen molar-refractivity contribution in [3.05, 3.63) is 80.9 Å². The normalized spacial score (nSPS) is 22.3. The Balaban J connectivity index is 0.000000143. The fourth-order valence-corrected chi connectivity index (χ4v) is 9.89. The highest BCUT2D eigenvalue weighted by Gasteiger charge is 2.44. The number of hydrogen-bond acceptors (Lipinski definition) is 15. The van der Waals surface area contributed by atoms with Crippen LogP contribution in [-0.2, 0) is 19.5 Å². The molecule has 2 aromatic carbocycles. The molecule has 20 heteroatoms. The van der Waals surface area contributed by atoms with Gasteiger partial charge in [0.15, 0.2) is 5.82 Å². The molecule has 2 N–H and O–H groups in total. The molecule has 10 rings (SSSR count). The van der Waals surface area contributed by atoms with Crippen molar-refractivity contribution in [3.8, 4) is 23.5 Å². The molecule has 63 heavy (non-hydrogen) atoms. The van der Waals surface area contributed by atoms with Crippen molar-refractivity contribution in [1.29, 1.82) is 0 Å². The van der Waals surface area contributed by atoms with Gasteiger partial charge < -0.3 is 33.8 Å². The van der Waals surface area contributed by atoms with Gasteiger partial charge in [0.25, 0.3) is 0 Å². The van der Waals surface area contributed by atoms with E-state index >= 15 is 0 Å². The van der Waals surface area contributed by atoms with Crippen molar-refractivity contribution in [2.45, 2.75) is 91.8 Å². The highest BCUT2D eigenvalue weighted by Crippen LogP contribution is 2.44. The van der Waals surface area contributed by atoms with Gasteiger partial charge in [-0.1, -0.05) is 59.4 Å². The molecule has 2 aliphatic heterocycles. The zero-order chi connectivity index (χ0) is 44.0. The number of aromatic nitrogens is 10. The average molecular weight is 968 g/mol. The molecular formula is C43H54BrCl2N13O4. The molecule has 0 radical (unpaired) electrons. The molecule has 2 saturated heterocycles. The van der Waals surface area contributed by atoms with Gasteiger partial charge in [0.05, 0.1) is 0 Å². The maximum absolute atomic E-state index is 6.14. The van der Waals surface area contributed by atoms with E-state index < -0.39 is 0 Å². The average Bonchev–Trinajstić information content (AvgIpc) is 4.10. The largest absolute Gasteiger partial charge is 0.424 e. The Morgan fingerprint density at radius 3 is 1.63 bits per heavy atom. The van der Waals surface area contributed by atoms with Gasteiger partial charge >= 0.3 is 24.1 Å². The minimum absolute atomic E-state index is 0.380. The summed E-state index contributed by atoms with van der Waals surface area (Å²) in [6.45, 7) is 13.2. The number of anilines is 2. The maximum Gasteiger partial charge on any atom is 0.321 e. The lowest BCUT2D eigenvalue weighted by Crippen LogP contribution is -2.48. The number of ether oxygens (including phenoxy) is 2. The quantitative estimate of drug-likeness (QED) is 0.122. The fraction of sp³-hybridized carbons (Fsp3) is 0.535. The molecule has 336 valence electrons. The molecule has 6 heterocycles. The van der Waals surface area contributed by atoms with Crippen molar-refractivity contribution in [2.24, 2.45) is 35.3 Å². The lowest BCUT2D eigenvalue weighted by Gasteiger charge is -2.36. The topological polar surface area (TPSA) is 190 Å². The van der Waals surface area contributed by atoms with Gasteiger partial charge in [-0.3, -0.25) is 0 Å². The number of rotatable bonds is 12. The number of benzene rings is 2. The number of fused-ring (bicyclic) bond motifs is 4. The first-order valence-corrected chi connectivity index (χ1v) is 23.3. The summed E-state index contributed by atoms with van der Waals surface area (Å²) >= 11 is 15.2. The first-order valence-electron chi connectivity index (χ1n) is 21.8. The fourth-order valence-electron chi connectivity index (χ4n) is 9.18. The lowest BCUT2D eigenvalue weighted by atomic mass is 9.82. The summed E-state index contributed by atoms with van der Waals surface area (Å²) in [5.74, 6) is 6.37. The van der Waals surface area contributed by atoms with Crippen LogP contribution < -0.4 is 25.0 Å². The van der Waals surface area contributed by atoms with Gasteiger partial charge in [-0.15, -0.1) is 15.3 Å². The van der Waals surface area contributed by atoms with E-state index in [9.17, 15) is 0 Å². The SMILES string of the molecule is CCCn1nc(Br)nc1Oc1cccc(Cl)c1.CCCn1nc(CC2C3CCC2CN(c2nnc(C)o2)C3)nc1Oc1cccc(Cl)c1.Cc1nnc(N2CC3CCC(C2)C3N)o1. The second-order valence-corrected chi connectivity index (χ2v) is 18.3. The van der Waals surface area contributed by atoms with E-state index in [-0.39, 0.29) is 0 Å². The number of halogens is 3. The smallest absolute Gasteiger partial charge is 0.321 e. The Bertz CT molecular complexity index is 2400. The Labute approximate surface area is 385 Å². The summed E-state index contributed by atoms with van der Waals surface area (Å²) in [5.41, 5.74) is 6.14. The van der Waals surface area contributed by atoms with Crippen LogP contribution in [0, 0.1) is 43.4 Å². The van der Waals surface area contributed by atoms with Gasteiger partial charge in [-0.2, -0.15) is 15.1 Å². The molecule has 17 nitrogen and oxygen atoms in total. The van der Waals surface area contributed by atoms with E-state index in [4.69, 9.17) is 57.3 Å². The van der Waals surface area contributed by atoms with Crippen molar-refractivity contribution in [1.82, 2.24) is 49.9 Å². The molecule has 4 fully saturated rings. The second kappa shape index (κ2) is 20.4. The highest BCUT2D eigenvalue weighted by molar-refractivity contribution is 9.10. The standard InChI is InChI=1S/C22H27ClN6O2.C11H11BrClN3O.C10H16N4O/c1-3-9-29-21(31-18-6-4-5-17(23)10-18)24-20(27-29)11-19-15-7-8-16(19)13-28(12-15)22-26-25-14(2)30-22;1-2-6-16-11(14-10(12)15-16)17-9-5-3-4-8(13)7-9;1-6-12-13-10(15-6)14-4-7-2-3-8(5-14)9(7)11/h4-6,10,15-16,19H,3,7-9,11-13H2,1-2H3;3-5,7H,2,6H2,1H3;7-9H,2-5,11H2,1H3. The number of aryl methyl sites for hydroxylation is 4. The summed E-state index contributed by atoms with van der Waals surface area (Å²) < 4.78 is 26.9. The third-order valence-electron chi connectivity index (χ3n) is 12.1. The molecular weight excluding hydrogens is 913 g/mol. The molecule has 0 amide bonds. The van der Waals surface area contributed by atoms with Crippen LogP contribution in [0.5, 0.6) is 23.5 Å². The van der Waals surface area contributed by atoms with Gasteiger partial charge in [0.1, 0.15) is 11.5 Å². The van der Waals surface area contributed by atoms with E-state index in [1.165, 1.54) is 25.7 Å². The van der Waals surface area contributed by atoms with Crippen molar-refractivity contribution in [2.75, 3.05) is 36.0 Å². The van der Waals surface area contributed by atoms with Gasteiger partial charge in [0.2, 0.25) is 16.5 Å². The summed E-state index contributed by atoms with van der Waals surface area (Å²) in [4.78, 5) is 13.3. The molecule has 4 bridgehead atoms. The highest BCUT2D eigenvalue weighted by atomic mass is 79.9. The first kappa shape index (κ1) is 44.8. The van der Waals surface area contributed by atoms with Crippen molar-refractivity contribution >= 4 is 51.2 Å². The molecule has 2 aliphatic carbocycles. The minimum atomic E-state index is 0.380. The third-order valence-corrected chi connectivity index (χ3v) is 12.9. The molecule has 4 unspecified atom stereocenters. The van der Waals surface area contributed by atoms with Crippen LogP contribution in [0.3, 0.4) is 0 Å². The van der Waals surface area contributed by atoms with E-state index in [0.717, 1.165) is 64.4 Å². The lowest BCUT2D eigenvalue weighted by molar-refractivity contribution is 0.257. The maximum atomic E-state index is 6.14. The summed E-state index contributed by atoms with van der Waals surface area (Å²) in [5, 5.41) is 26.4. The molecule has 4 aromatic heterocycles. The van der Waals surface area contributed by atoms with Crippen LogP contribution in [-0.4, -0.2) is 82.1 Å². The van der Waals surface area contributed by atoms with Crippen LogP contribution in [0.25, 0.3) is 0 Å². The number of nitrogens with two attached hydrogens (primary N) is 1. The third kappa shape index (κ3) is 11.1. The summed E-state index contributed by atoms with van der Waals surface area (Å²) in [6, 6.07) is 17.2. The Morgan fingerprint density at radius 1 is 0.683 bits per heavy atom. The van der Waals surface area contributed by atoms with Crippen LogP contribution >= 0.6 is 39.1 Å². The predicted molar refractivity (Wildman–Crippen MR) is 241 cm³/mol. The zero-order valence-electron chi connectivity index (χ0n) is 36.0. The Hall–Kier alpha value is -4.78. The van der Waals surface area contributed by atoms with E-state index in [2.05, 4.69) is 70.1 Å². The molecule has 4 aliphatic rings. The van der Waals surface area contributed by atoms with E-state index in [0.29, 0.717) is 97.7 Å². The second-order valence-electron chi connectivity index (χ2n) is 16.7. The van der Waals surface area contributed by atoms with Gasteiger partial charge in [-0.25, -0.2) is 9.36 Å². The Kier molecular flexibility index (Phi) is 14.5. The molecule has 4 atom stereocenters. The molecule has 2 saturated carbocycles. The summed E-state index contributed by atoms with van der Waals surface area (Å²) in [6.07, 6.45) is 7.73. The van der Waals surface area contributed by atoms with E-state index in [1.54, 1.807) is 22.9 Å². The zero-order valence-corrected chi connectivity index (χ0v) is 39.1. The first-order chi connectivity index (χ1) is 30.5. The number of piperidine rings is 2. The molecule has 6 aromatic rings. The number of nitrogens with zero attached hydrogens (tertiary/aromatic N) is 12. The van der Waals surface area contributed by atoms with Crippen LogP contribution in [0.2, 0.25) is 10.0 Å².